The number of nitrogens with zero attached hydrogens (tertiary/aromatic N) is 2. The summed E-state index contributed by atoms with van der Waals surface area (Å²) < 4.78 is 0. The van der Waals surface area contributed by atoms with E-state index >= 15 is 0 Å². The van der Waals surface area contributed by atoms with E-state index in [4.69, 9.17) is 0 Å². The van der Waals surface area contributed by atoms with Crippen molar-refractivity contribution >= 4 is 5.69 Å². The molecule has 3 heteroatoms. The van der Waals surface area contributed by atoms with Gasteiger partial charge in [0.15, 0.2) is 0 Å². The molecule has 78 valence electrons. The van der Waals surface area contributed by atoms with E-state index in [0.29, 0.717) is 6.04 Å². The minimum absolute atomic E-state index is 0.0705. The molecule has 0 aliphatic rings. The third-order valence-electron chi connectivity index (χ3n) is 2.33. The zero-order chi connectivity index (χ0) is 10.6. The first kappa shape index (κ1) is 11.0. The Morgan fingerprint density at radius 1 is 1.50 bits per heavy atom. The highest BCUT2D eigenvalue weighted by Gasteiger charge is 2.11. The molecule has 14 heavy (non-hydrogen) atoms. The molecular weight excluding hydrogens is 176 g/mol. The average molecular weight is 194 g/mol. The van der Waals surface area contributed by atoms with Gasteiger partial charge in [0.1, 0.15) is 0 Å². The van der Waals surface area contributed by atoms with Crippen molar-refractivity contribution in [1.82, 2.24) is 4.98 Å². The molecule has 1 aromatic heterocycles. The molecule has 1 aromatic rings. The fraction of sp³-hybridized carbons (Fsp3) is 0.545. The van der Waals surface area contributed by atoms with Crippen LogP contribution in [0, 0.1) is 0 Å². The fourth-order valence-corrected chi connectivity index (χ4v) is 1.62. The summed E-state index contributed by atoms with van der Waals surface area (Å²) in [6.07, 6.45) is 3.53. The third-order valence-corrected chi connectivity index (χ3v) is 2.33. The van der Waals surface area contributed by atoms with Gasteiger partial charge in [-0.1, -0.05) is 0 Å². The topological polar surface area (TPSA) is 36.4 Å². The summed E-state index contributed by atoms with van der Waals surface area (Å²) >= 11 is 0. The van der Waals surface area contributed by atoms with Gasteiger partial charge in [0.05, 0.1) is 18.5 Å². The molecule has 0 aliphatic heterocycles. The van der Waals surface area contributed by atoms with Gasteiger partial charge >= 0.3 is 0 Å². The second-order valence-electron chi connectivity index (χ2n) is 3.54. The summed E-state index contributed by atoms with van der Waals surface area (Å²) in [6.45, 7) is 7.38. The van der Waals surface area contributed by atoms with Crippen LogP contribution in [0.25, 0.3) is 0 Å². The first-order valence-electron chi connectivity index (χ1n) is 5.01. The van der Waals surface area contributed by atoms with Crippen LogP contribution in [0.3, 0.4) is 0 Å². The van der Waals surface area contributed by atoms with Crippen LogP contribution in [0.15, 0.2) is 18.5 Å². The molecule has 1 N–H and O–H groups in total. The smallest absolute Gasteiger partial charge is 0.0703 e. The Morgan fingerprint density at radius 2 is 2.21 bits per heavy atom. The zero-order valence-electron chi connectivity index (χ0n) is 9.07. The molecule has 0 aromatic carbocycles. The fourth-order valence-electron chi connectivity index (χ4n) is 1.62. The molecule has 1 heterocycles. The number of hydrogen-bond donors (Lipinski definition) is 1. The van der Waals surface area contributed by atoms with E-state index in [0.717, 1.165) is 17.8 Å². The van der Waals surface area contributed by atoms with Gasteiger partial charge in [-0.05, 0) is 26.8 Å². The van der Waals surface area contributed by atoms with Gasteiger partial charge in [0.2, 0.25) is 0 Å². The van der Waals surface area contributed by atoms with Crippen molar-refractivity contribution in [2.75, 3.05) is 11.4 Å². The monoisotopic (exact) mass is 194 g/mol. The van der Waals surface area contributed by atoms with Crippen molar-refractivity contribution in [3.8, 4) is 0 Å². The van der Waals surface area contributed by atoms with E-state index in [9.17, 15) is 5.11 Å². The largest absolute Gasteiger partial charge is 0.392 e. The van der Waals surface area contributed by atoms with Gasteiger partial charge in [-0.15, -0.1) is 0 Å². The standard InChI is InChI=1S/C11H18N2O/c1-4-13(9(2)3)11-7-12-6-5-10(11)8-14/h5-7,9,14H,4,8H2,1-3H3. The van der Waals surface area contributed by atoms with Gasteiger partial charge in [-0.3, -0.25) is 4.98 Å². The lowest BCUT2D eigenvalue weighted by Crippen LogP contribution is -2.31. The van der Waals surface area contributed by atoms with Gasteiger partial charge < -0.3 is 10.0 Å². The Morgan fingerprint density at radius 3 is 2.71 bits per heavy atom. The molecule has 0 unspecified atom stereocenters. The van der Waals surface area contributed by atoms with Crippen LogP contribution >= 0.6 is 0 Å². The predicted octanol–water partition coefficient (Wildman–Crippen LogP) is 1.81. The number of aliphatic hydroxyl groups excluding tert-OH is 1. The van der Waals surface area contributed by atoms with E-state index in [1.807, 2.05) is 12.3 Å². The van der Waals surface area contributed by atoms with Crippen LogP contribution < -0.4 is 4.90 Å². The number of rotatable bonds is 4. The molecule has 0 saturated heterocycles. The number of aliphatic hydroxyl groups is 1. The van der Waals surface area contributed by atoms with Crippen molar-refractivity contribution in [3.63, 3.8) is 0 Å². The second-order valence-corrected chi connectivity index (χ2v) is 3.54. The number of anilines is 1. The van der Waals surface area contributed by atoms with Crippen LogP contribution in [0.2, 0.25) is 0 Å². The van der Waals surface area contributed by atoms with Crippen molar-refractivity contribution in [1.29, 1.82) is 0 Å². The predicted molar refractivity (Wildman–Crippen MR) is 58.3 cm³/mol. The summed E-state index contributed by atoms with van der Waals surface area (Å²) in [5.41, 5.74) is 1.98. The lowest BCUT2D eigenvalue weighted by Gasteiger charge is -2.28. The minimum atomic E-state index is 0.0705. The van der Waals surface area contributed by atoms with Crippen LogP contribution in [-0.2, 0) is 6.61 Å². The number of hydrogen-bond acceptors (Lipinski definition) is 3. The Labute approximate surface area is 85.4 Å². The maximum atomic E-state index is 9.19. The summed E-state index contributed by atoms with van der Waals surface area (Å²) in [6, 6.07) is 2.29. The first-order valence-corrected chi connectivity index (χ1v) is 5.01. The SMILES string of the molecule is CCN(c1cnccc1CO)C(C)C. The molecular formula is C11H18N2O. The van der Waals surface area contributed by atoms with Crippen molar-refractivity contribution in [2.24, 2.45) is 0 Å². The quantitative estimate of drug-likeness (QED) is 0.794. The highest BCUT2D eigenvalue weighted by atomic mass is 16.3. The van der Waals surface area contributed by atoms with E-state index in [1.54, 1.807) is 6.20 Å². The molecule has 3 nitrogen and oxygen atoms in total. The lowest BCUT2D eigenvalue weighted by molar-refractivity contribution is 0.282. The van der Waals surface area contributed by atoms with E-state index < -0.39 is 0 Å². The Kier molecular flexibility index (Phi) is 3.89. The number of aromatic nitrogens is 1. The highest BCUT2D eigenvalue weighted by molar-refractivity contribution is 5.51. The van der Waals surface area contributed by atoms with Gasteiger partial charge in [0.25, 0.3) is 0 Å². The molecule has 0 aliphatic carbocycles. The molecule has 0 bridgehead atoms. The Balaban J connectivity index is 3.02. The Bertz CT molecular complexity index is 286. The Hall–Kier alpha value is -1.09. The molecule has 0 fully saturated rings. The minimum Gasteiger partial charge on any atom is -0.392 e. The van der Waals surface area contributed by atoms with Gasteiger partial charge in [-0.25, -0.2) is 0 Å². The summed E-state index contributed by atoms with van der Waals surface area (Å²) in [4.78, 5) is 6.31. The van der Waals surface area contributed by atoms with Crippen LogP contribution in [0.1, 0.15) is 26.3 Å². The second kappa shape index (κ2) is 4.96. The molecule has 0 amide bonds. The molecule has 0 atom stereocenters. The molecule has 0 radical (unpaired) electrons. The summed E-state index contributed by atoms with van der Waals surface area (Å²) in [5.74, 6) is 0. The summed E-state index contributed by atoms with van der Waals surface area (Å²) in [5, 5.41) is 9.19. The average Bonchev–Trinajstić information content (AvgIpc) is 2.19. The summed E-state index contributed by atoms with van der Waals surface area (Å²) in [7, 11) is 0. The van der Waals surface area contributed by atoms with Crippen LogP contribution in [0.4, 0.5) is 5.69 Å². The molecule has 0 spiro atoms. The van der Waals surface area contributed by atoms with Crippen molar-refractivity contribution in [2.45, 2.75) is 33.4 Å². The van der Waals surface area contributed by atoms with E-state index in [-0.39, 0.29) is 6.61 Å². The zero-order valence-corrected chi connectivity index (χ0v) is 9.07. The van der Waals surface area contributed by atoms with Crippen LogP contribution in [0.5, 0.6) is 0 Å². The molecule has 0 saturated carbocycles. The highest BCUT2D eigenvalue weighted by Crippen LogP contribution is 2.20. The van der Waals surface area contributed by atoms with E-state index in [1.165, 1.54) is 0 Å². The lowest BCUT2D eigenvalue weighted by atomic mass is 10.2. The molecule has 1 rings (SSSR count). The van der Waals surface area contributed by atoms with Crippen molar-refractivity contribution < 1.29 is 5.11 Å². The van der Waals surface area contributed by atoms with Gasteiger partial charge in [0, 0.05) is 24.3 Å². The first-order chi connectivity index (χ1) is 6.70. The third kappa shape index (κ3) is 2.23. The normalized spacial score (nSPS) is 10.6. The van der Waals surface area contributed by atoms with Crippen LogP contribution in [-0.4, -0.2) is 22.7 Å². The number of pyridine rings is 1. The van der Waals surface area contributed by atoms with E-state index in [2.05, 4.69) is 30.7 Å². The maximum absolute atomic E-state index is 9.19. The van der Waals surface area contributed by atoms with Gasteiger partial charge in [-0.2, -0.15) is 0 Å². The van der Waals surface area contributed by atoms with Crippen molar-refractivity contribution in [3.05, 3.63) is 24.0 Å². The maximum Gasteiger partial charge on any atom is 0.0703 e.